The summed E-state index contributed by atoms with van der Waals surface area (Å²) in [5, 5.41) is 10.6. The zero-order chi connectivity index (χ0) is 19.0. The Morgan fingerprint density at radius 3 is 2.81 bits per heavy atom. The van der Waals surface area contributed by atoms with E-state index in [1.807, 2.05) is 24.3 Å². The van der Waals surface area contributed by atoms with E-state index in [-0.39, 0.29) is 0 Å². The van der Waals surface area contributed by atoms with Gasteiger partial charge >= 0.3 is 0 Å². The van der Waals surface area contributed by atoms with Gasteiger partial charge in [0.05, 0.1) is 11.3 Å². The number of nitriles is 1. The first-order valence-electron chi connectivity index (χ1n) is 9.42. The van der Waals surface area contributed by atoms with Crippen molar-refractivity contribution in [3.8, 4) is 11.8 Å². The Bertz CT molecular complexity index is 1050. The number of aromatic nitrogens is 2. The minimum absolute atomic E-state index is 0.662. The van der Waals surface area contributed by atoms with E-state index in [0.717, 1.165) is 40.5 Å². The second-order valence-corrected chi connectivity index (χ2v) is 8.49. The molecule has 1 unspecified atom stereocenters. The number of para-hydroxylation sites is 1. The van der Waals surface area contributed by atoms with Crippen molar-refractivity contribution in [3.05, 3.63) is 68.9 Å². The zero-order valence-electron chi connectivity index (χ0n) is 16.0. The van der Waals surface area contributed by atoms with Crippen LogP contribution in [-0.2, 0) is 12.8 Å². The van der Waals surface area contributed by atoms with Gasteiger partial charge < -0.3 is 4.57 Å². The summed E-state index contributed by atoms with van der Waals surface area (Å²) in [5.74, 6) is 0.713. The number of rotatable bonds is 3. The Labute approximate surface area is 164 Å². The Morgan fingerprint density at radius 2 is 2.07 bits per heavy atom. The standard InChI is InChI=1S/C23H23N3S/c1-15-9-10-21-22(11-15)27-23(25-21)19(14-24)13-18-12-16(2)26(17(18)3)20-7-5-4-6-8-20/h4-8,12-13,15H,9-11H2,1-3H3. The summed E-state index contributed by atoms with van der Waals surface area (Å²) in [4.78, 5) is 6.15. The Kier molecular flexibility index (Phi) is 4.72. The molecule has 0 saturated heterocycles. The van der Waals surface area contributed by atoms with Crippen LogP contribution in [0.4, 0.5) is 0 Å². The lowest BCUT2D eigenvalue weighted by Gasteiger charge is -2.15. The van der Waals surface area contributed by atoms with Crippen LogP contribution in [0.5, 0.6) is 0 Å². The molecule has 1 aromatic carbocycles. The molecule has 0 spiro atoms. The van der Waals surface area contributed by atoms with E-state index < -0.39 is 0 Å². The third kappa shape index (κ3) is 3.36. The second-order valence-electron chi connectivity index (χ2n) is 7.40. The van der Waals surface area contributed by atoms with E-state index in [1.165, 1.54) is 17.0 Å². The van der Waals surface area contributed by atoms with Gasteiger partial charge in [-0.25, -0.2) is 4.98 Å². The summed E-state index contributed by atoms with van der Waals surface area (Å²) >= 11 is 1.70. The lowest BCUT2D eigenvalue weighted by molar-refractivity contribution is 0.502. The molecule has 1 aliphatic rings. The van der Waals surface area contributed by atoms with E-state index in [4.69, 9.17) is 4.98 Å². The number of thiazole rings is 1. The molecule has 0 aliphatic heterocycles. The van der Waals surface area contributed by atoms with Crippen LogP contribution in [0, 0.1) is 31.1 Å². The molecule has 1 aliphatic carbocycles. The Morgan fingerprint density at radius 1 is 1.30 bits per heavy atom. The van der Waals surface area contributed by atoms with Gasteiger partial charge in [0.2, 0.25) is 0 Å². The molecule has 0 N–H and O–H groups in total. The summed E-state index contributed by atoms with van der Waals surface area (Å²) in [7, 11) is 0. The van der Waals surface area contributed by atoms with Gasteiger partial charge in [-0.1, -0.05) is 25.1 Å². The number of allylic oxidation sites excluding steroid dienone is 1. The summed E-state index contributed by atoms with van der Waals surface area (Å²) < 4.78 is 2.23. The number of hydrogen-bond donors (Lipinski definition) is 0. The van der Waals surface area contributed by atoms with Crippen molar-refractivity contribution in [1.29, 1.82) is 5.26 Å². The van der Waals surface area contributed by atoms with Gasteiger partial charge in [-0.3, -0.25) is 0 Å². The molecule has 2 heterocycles. The van der Waals surface area contributed by atoms with Gasteiger partial charge in [0.1, 0.15) is 11.1 Å². The maximum absolute atomic E-state index is 9.78. The third-order valence-corrected chi connectivity index (χ3v) is 6.47. The fourth-order valence-electron chi connectivity index (χ4n) is 3.86. The molecule has 2 aromatic heterocycles. The predicted molar refractivity (Wildman–Crippen MR) is 112 cm³/mol. The van der Waals surface area contributed by atoms with E-state index >= 15 is 0 Å². The van der Waals surface area contributed by atoms with Crippen LogP contribution in [0.3, 0.4) is 0 Å². The molecule has 0 saturated carbocycles. The molecule has 1 atom stereocenters. The molecule has 0 radical (unpaired) electrons. The van der Waals surface area contributed by atoms with Gasteiger partial charge in [-0.05, 0) is 68.9 Å². The summed E-state index contributed by atoms with van der Waals surface area (Å²) in [6.45, 7) is 6.50. The molecule has 27 heavy (non-hydrogen) atoms. The molecule has 0 amide bonds. The average molecular weight is 374 g/mol. The molecule has 3 nitrogen and oxygen atoms in total. The van der Waals surface area contributed by atoms with Crippen LogP contribution in [-0.4, -0.2) is 9.55 Å². The van der Waals surface area contributed by atoms with Crippen LogP contribution in [0.15, 0.2) is 36.4 Å². The van der Waals surface area contributed by atoms with Crippen molar-refractivity contribution >= 4 is 23.0 Å². The van der Waals surface area contributed by atoms with Crippen LogP contribution in [0.2, 0.25) is 0 Å². The highest BCUT2D eigenvalue weighted by molar-refractivity contribution is 7.13. The lowest BCUT2D eigenvalue weighted by Crippen LogP contribution is -2.09. The molecule has 0 fully saturated rings. The average Bonchev–Trinajstić information content (AvgIpc) is 3.20. The zero-order valence-corrected chi connectivity index (χ0v) is 16.8. The van der Waals surface area contributed by atoms with Crippen molar-refractivity contribution in [2.75, 3.05) is 0 Å². The SMILES string of the molecule is Cc1cc(C=C(C#N)c2nc3c(s2)CC(C)CC3)c(C)n1-c1ccccc1. The molecular formula is C23H23N3S. The summed E-state index contributed by atoms with van der Waals surface area (Å²) in [6, 6.07) is 14.9. The van der Waals surface area contributed by atoms with Crippen LogP contribution in [0.1, 0.15) is 45.9 Å². The monoisotopic (exact) mass is 373 g/mol. The van der Waals surface area contributed by atoms with Crippen molar-refractivity contribution in [2.24, 2.45) is 5.92 Å². The highest BCUT2D eigenvalue weighted by Crippen LogP contribution is 2.33. The van der Waals surface area contributed by atoms with Gasteiger partial charge in [0, 0.05) is 22.0 Å². The van der Waals surface area contributed by atoms with Crippen LogP contribution in [0.25, 0.3) is 17.3 Å². The van der Waals surface area contributed by atoms with E-state index in [0.29, 0.717) is 11.5 Å². The topological polar surface area (TPSA) is 41.6 Å². The molecule has 136 valence electrons. The first-order chi connectivity index (χ1) is 13.1. The van der Waals surface area contributed by atoms with Crippen LogP contribution < -0.4 is 0 Å². The second kappa shape index (κ2) is 7.17. The number of nitrogens with zero attached hydrogens (tertiary/aromatic N) is 3. The minimum atomic E-state index is 0.662. The molecule has 3 aromatic rings. The Balaban J connectivity index is 1.74. The van der Waals surface area contributed by atoms with Crippen molar-refractivity contribution < 1.29 is 0 Å². The maximum Gasteiger partial charge on any atom is 0.134 e. The fourth-order valence-corrected chi connectivity index (χ4v) is 5.10. The number of benzene rings is 1. The summed E-state index contributed by atoms with van der Waals surface area (Å²) in [6.07, 6.45) is 5.32. The van der Waals surface area contributed by atoms with E-state index in [1.54, 1.807) is 11.3 Å². The normalized spacial score (nSPS) is 16.8. The maximum atomic E-state index is 9.78. The molecule has 4 heteroatoms. The smallest absolute Gasteiger partial charge is 0.134 e. The third-order valence-electron chi connectivity index (χ3n) is 5.32. The van der Waals surface area contributed by atoms with Crippen molar-refractivity contribution in [2.45, 2.75) is 40.0 Å². The summed E-state index contributed by atoms with van der Waals surface area (Å²) in [5.41, 5.74) is 6.38. The van der Waals surface area contributed by atoms with Gasteiger partial charge in [0.15, 0.2) is 0 Å². The quantitative estimate of drug-likeness (QED) is 0.549. The minimum Gasteiger partial charge on any atom is -0.318 e. The molecule has 4 rings (SSSR count). The highest BCUT2D eigenvalue weighted by atomic mass is 32.1. The number of hydrogen-bond acceptors (Lipinski definition) is 3. The molecular weight excluding hydrogens is 350 g/mol. The predicted octanol–water partition coefficient (Wildman–Crippen LogP) is 5.74. The van der Waals surface area contributed by atoms with Gasteiger partial charge in [-0.15, -0.1) is 11.3 Å². The van der Waals surface area contributed by atoms with E-state index in [2.05, 4.69) is 49.6 Å². The number of fused-ring (bicyclic) bond motifs is 1. The largest absolute Gasteiger partial charge is 0.318 e. The van der Waals surface area contributed by atoms with Crippen molar-refractivity contribution in [1.82, 2.24) is 9.55 Å². The first-order valence-corrected chi connectivity index (χ1v) is 10.2. The number of aryl methyl sites for hydroxylation is 2. The first kappa shape index (κ1) is 17.8. The van der Waals surface area contributed by atoms with Gasteiger partial charge in [0.25, 0.3) is 0 Å². The highest BCUT2D eigenvalue weighted by Gasteiger charge is 2.21. The van der Waals surface area contributed by atoms with E-state index in [9.17, 15) is 5.26 Å². The van der Waals surface area contributed by atoms with Gasteiger partial charge in [-0.2, -0.15) is 5.26 Å². The Hall–Kier alpha value is -2.64. The van der Waals surface area contributed by atoms with Crippen LogP contribution >= 0.6 is 11.3 Å². The fraction of sp³-hybridized carbons (Fsp3) is 0.304. The lowest BCUT2D eigenvalue weighted by atomic mass is 9.93. The van der Waals surface area contributed by atoms with Crippen molar-refractivity contribution in [3.63, 3.8) is 0 Å². The molecule has 0 bridgehead atoms.